The number of aromatic nitrogens is 1. The van der Waals surface area contributed by atoms with Crippen LogP contribution >= 0.6 is 11.3 Å². The number of methoxy groups -OCH3 is 1. The molecule has 29 heavy (non-hydrogen) atoms. The van der Waals surface area contributed by atoms with Gasteiger partial charge in [0.05, 0.1) is 30.7 Å². The van der Waals surface area contributed by atoms with Crippen molar-refractivity contribution < 1.29 is 14.3 Å². The van der Waals surface area contributed by atoms with Crippen molar-refractivity contribution in [3.8, 4) is 5.75 Å². The molecule has 1 aromatic heterocycles. The van der Waals surface area contributed by atoms with Gasteiger partial charge in [-0.1, -0.05) is 29.8 Å². The van der Waals surface area contributed by atoms with Crippen LogP contribution in [0, 0.1) is 6.92 Å². The molecule has 2 heterocycles. The first-order valence-corrected chi connectivity index (χ1v) is 10.6. The average Bonchev–Trinajstić information content (AvgIpc) is 3.19. The van der Waals surface area contributed by atoms with Gasteiger partial charge in [-0.2, -0.15) is 0 Å². The van der Waals surface area contributed by atoms with Gasteiger partial charge in [-0.05, 0) is 31.0 Å². The maximum Gasteiger partial charge on any atom is 0.280 e. The summed E-state index contributed by atoms with van der Waals surface area (Å²) < 4.78 is 11.9. The first kappa shape index (κ1) is 19.7. The minimum absolute atomic E-state index is 0.145. The van der Waals surface area contributed by atoms with Crippen molar-refractivity contribution in [1.82, 2.24) is 10.3 Å². The lowest BCUT2D eigenvalue weighted by Gasteiger charge is -2.29. The molecule has 1 aliphatic heterocycles. The lowest BCUT2D eigenvalue weighted by Crippen LogP contribution is -2.36. The molecule has 0 radical (unpaired) electrons. The highest BCUT2D eigenvalue weighted by molar-refractivity contribution is 7.21. The second kappa shape index (κ2) is 8.80. The van der Waals surface area contributed by atoms with Crippen LogP contribution in [-0.2, 0) is 11.2 Å². The number of thiazole rings is 1. The van der Waals surface area contributed by atoms with Gasteiger partial charge in [-0.25, -0.2) is 4.98 Å². The predicted molar refractivity (Wildman–Crippen MR) is 116 cm³/mol. The molecular formula is C22H25N3O3S. The molecule has 1 saturated heterocycles. The van der Waals surface area contributed by atoms with Crippen LogP contribution in [0.1, 0.15) is 20.9 Å². The van der Waals surface area contributed by atoms with Crippen LogP contribution in [-0.4, -0.2) is 50.8 Å². The van der Waals surface area contributed by atoms with E-state index in [4.69, 9.17) is 9.47 Å². The molecule has 1 aliphatic rings. The number of aryl methyl sites for hydroxylation is 1. The van der Waals surface area contributed by atoms with E-state index in [1.807, 2.05) is 18.2 Å². The largest absolute Gasteiger partial charge is 0.494 e. The topological polar surface area (TPSA) is 63.7 Å². The van der Waals surface area contributed by atoms with Crippen molar-refractivity contribution in [2.24, 2.45) is 0 Å². The maximum absolute atomic E-state index is 12.7. The normalized spacial score (nSPS) is 14.2. The molecule has 0 spiro atoms. The number of ether oxygens (including phenoxy) is 2. The Hall–Kier alpha value is -2.64. The van der Waals surface area contributed by atoms with Gasteiger partial charge in [0.1, 0.15) is 11.3 Å². The second-order valence-corrected chi connectivity index (χ2v) is 8.08. The number of hydrogen-bond donors (Lipinski definition) is 1. The SMILES string of the molecule is COc1ccc(N2CCOCC2)c2sc(C(=O)NCCc3cccc(C)c3)nc12. The molecular weight excluding hydrogens is 386 g/mol. The van der Waals surface area contributed by atoms with Crippen LogP contribution < -0.4 is 15.0 Å². The standard InChI is InChI=1S/C22H25N3O3S/c1-15-4-3-5-16(14-15)8-9-23-21(26)22-24-19-18(27-2)7-6-17(20(19)29-22)25-10-12-28-13-11-25/h3-7,14H,8-13H2,1-2H3,(H,23,26). The summed E-state index contributed by atoms with van der Waals surface area (Å²) in [7, 11) is 1.63. The minimum atomic E-state index is -0.145. The lowest BCUT2D eigenvalue weighted by molar-refractivity contribution is 0.0954. The number of fused-ring (bicyclic) bond motifs is 1. The third kappa shape index (κ3) is 4.36. The molecule has 2 aromatic carbocycles. The van der Waals surface area contributed by atoms with E-state index >= 15 is 0 Å². The van der Waals surface area contributed by atoms with E-state index in [2.05, 4.69) is 40.3 Å². The van der Waals surface area contributed by atoms with Crippen molar-refractivity contribution in [3.05, 3.63) is 52.5 Å². The zero-order chi connectivity index (χ0) is 20.2. The Labute approximate surface area is 174 Å². The Kier molecular flexibility index (Phi) is 5.97. The summed E-state index contributed by atoms with van der Waals surface area (Å²) in [6.07, 6.45) is 0.792. The number of benzene rings is 2. The smallest absolute Gasteiger partial charge is 0.280 e. The molecule has 4 rings (SSSR count). The van der Waals surface area contributed by atoms with Crippen molar-refractivity contribution >= 4 is 33.1 Å². The van der Waals surface area contributed by atoms with E-state index in [-0.39, 0.29) is 5.91 Å². The third-order valence-corrected chi connectivity index (χ3v) is 6.11. The molecule has 0 saturated carbocycles. The summed E-state index contributed by atoms with van der Waals surface area (Å²) >= 11 is 1.42. The Morgan fingerprint density at radius 2 is 2.10 bits per heavy atom. The van der Waals surface area contributed by atoms with Gasteiger partial charge in [-0.15, -0.1) is 11.3 Å². The third-order valence-electron chi connectivity index (χ3n) is 5.03. The van der Waals surface area contributed by atoms with Crippen LogP contribution in [0.2, 0.25) is 0 Å². The molecule has 7 heteroatoms. The van der Waals surface area contributed by atoms with Gasteiger partial charge in [0, 0.05) is 19.6 Å². The average molecular weight is 412 g/mol. The Balaban J connectivity index is 1.53. The van der Waals surface area contributed by atoms with Crippen LogP contribution in [0.3, 0.4) is 0 Å². The summed E-state index contributed by atoms with van der Waals surface area (Å²) in [5, 5.41) is 3.46. The molecule has 3 aromatic rings. The monoisotopic (exact) mass is 411 g/mol. The van der Waals surface area contributed by atoms with Gasteiger partial charge >= 0.3 is 0 Å². The second-order valence-electron chi connectivity index (χ2n) is 7.08. The number of carbonyl (C=O) groups is 1. The van der Waals surface area contributed by atoms with E-state index in [0.29, 0.717) is 30.5 Å². The number of amides is 1. The highest BCUT2D eigenvalue weighted by Crippen LogP contribution is 2.37. The first-order valence-electron chi connectivity index (χ1n) is 9.79. The van der Waals surface area contributed by atoms with Crippen molar-refractivity contribution in [2.45, 2.75) is 13.3 Å². The molecule has 1 amide bonds. The van der Waals surface area contributed by atoms with E-state index < -0.39 is 0 Å². The first-order chi connectivity index (χ1) is 14.2. The van der Waals surface area contributed by atoms with Crippen LogP contribution in [0.25, 0.3) is 10.2 Å². The molecule has 0 unspecified atom stereocenters. The van der Waals surface area contributed by atoms with Crippen molar-refractivity contribution in [1.29, 1.82) is 0 Å². The number of rotatable bonds is 6. The van der Waals surface area contributed by atoms with Gasteiger partial charge in [0.25, 0.3) is 5.91 Å². The molecule has 0 bridgehead atoms. The fourth-order valence-corrected chi connectivity index (χ4v) is 4.59. The van der Waals surface area contributed by atoms with E-state index in [0.717, 1.165) is 35.4 Å². The summed E-state index contributed by atoms with van der Waals surface area (Å²) in [6, 6.07) is 12.3. The van der Waals surface area contributed by atoms with Gasteiger partial charge in [-0.3, -0.25) is 4.79 Å². The zero-order valence-corrected chi connectivity index (χ0v) is 17.6. The number of hydrogen-bond acceptors (Lipinski definition) is 6. The van der Waals surface area contributed by atoms with Crippen LogP contribution in [0.15, 0.2) is 36.4 Å². The van der Waals surface area contributed by atoms with E-state index in [1.165, 1.54) is 22.5 Å². The maximum atomic E-state index is 12.7. The van der Waals surface area contributed by atoms with Gasteiger partial charge in [0.15, 0.2) is 5.01 Å². The highest BCUT2D eigenvalue weighted by Gasteiger charge is 2.21. The van der Waals surface area contributed by atoms with Crippen LogP contribution in [0.5, 0.6) is 5.75 Å². The number of carbonyl (C=O) groups excluding carboxylic acids is 1. The quantitative estimate of drug-likeness (QED) is 0.673. The van der Waals surface area contributed by atoms with Gasteiger partial charge in [0.2, 0.25) is 0 Å². The summed E-state index contributed by atoms with van der Waals surface area (Å²) in [5.74, 6) is 0.543. The zero-order valence-electron chi connectivity index (χ0n) is 16.7. The van der Waals surface area contributed by atoms with Crippen LogP contribution in [0.4, 0.5) is 5.69 Å². The van der Waals surface area contributed by atoms with Crippen molar-refractivity contribution in [3.63, 3.8) is 0 Å². The summed E-state index contributed by atoms with van der Waals surface area (Å²) in [4.78, 5) is 19.6. The summed E-state index contributed by atoms with van der Waals surface area (Å²) in [5.41, 5.74) is 4.26. The molecule has 1 fully saturated rings. The number of nitrogens with zero attached hydrogens (tertiary/aromatic N) is 2. The molecule has 0 atom stereocenters. The Morgan fingerprint density at radius 3 is 2.86 bits per heavy atom. The molecule has 6 nitrogen and oxygen atoms in total. The number of anilines is 1. The number of nitrogens with one attached hydrogen (secondary N) is 1. The fraction of sp³-hybridized carbons (Fsp3) is 0.364. The molecule has 152 valence electrons. The minimum Gasteiger partial charge on any atom is -0.494 e. The fourth-order valence-electron chi connectivity index (χ4n) is 3.55. The lowest BCUT2D eigenvalue weighted by atomic mass is 10.1. The Morgan fingerprint density at radius 1 is 1.28 bits per heavy atom. The van der Waals surface area contributed by atoms with E-state index in [1.54, 1.807) is 7.11 Å². The highest BCUT2D eigenvalue weighted by atomic mass is 32.1. The van der Waals surface area contributed by atoms with Crippen molar-refractivity contribution in [2.75, 3.05) is 44.9 Å². The van der Waals surface area contributed by atoms with Gasteiger partial charge < -0.3 is 19.7 Å². The molecule has 0 aliphatic carbocycles. The van der Waals surface area contributed by atoms with E-state index in [9.17, 15) is 4.79 Å². The summed E-state index contributed by atoms with van der Waals surface area (Å²) in [6.45, 7) is 5.72. The Bertz CT molecular complexity index is 1010. The molecule has 1 N–H and O–H groups in total. The number of morpholine rings is 1. The predicted octanol–water partition coefficient (Wildman–Crippen LogP) is 3.42.